The van der Waals surface area contributed by atoms with Crippen LogP contribution in [0.3, 0.4) is 0 Å². The van der Waals surface area contributed by atoms with E-state index in [9.17, 15) is 22.8 Å². The molecule has 1 saturated heterocycles. The monoisotopic (exact) mass is 545 g/mol. The lowest BCUT2D eigenvalue weighted by molar-refractivity contribution is -0.140. The van der Waals surface area contributed by atoms with Crippen LogP contribution in [0.25, 0.3) is 11.0 Å². The van der Waals surface area contributed by atoms with Gasteiger partial charge in [0.25, 0.3) is 5.91 Å². The molecule has 5 rings (SSSR count). The lowest BCUT2D eigenvalue weighted by Gasteiger charge is -2.39. The summed E-state index contributed by atoms with van der Waals surface area (Å²) in [6, 6.07) is 5.96. The number of carboxylic acids is 1. The van der Waals surface area contributed by atoms with E-state index in [0.717, 1.165) is 22.5 Å². The third kappa shape index (κ3) is 5.45. The number of halogens is 3. The number of carbonyl (C=O) groups is 2. The van der Waals surface area contributed by atoms with Gasteiger partial charge in [0.2, 0.25) is 0 Å². The molecule has 0 aliphatic carbocycles. The zero-order valence-corrected chi connectivity index (χ0v) is 20.8. The molecule has 4 heterocycles. The van der Waals surface area contributed by atoms with Crippen LogP contribution in [0, 0.1) is 0 Å². The second-order valence-electron chi connectivity index (χ2n) is 8.91. The number of alkyl halides is 3. The van der Waals surface area contributed by atoms with Crippen molar-refractivity contribution in [2.75, 3.05) is 25.0 Å². The first-order valence-electron chi connectivity index (χ1n) is 11.5. The number of nitrogens with one attached hydrogen (secondary N) is 2. The van der Waals surface area contributed by atoms with Crippen LogP contribution in [0.1, 0.15) is 39.9 Å². The molecule has 1 fully saturated rings. The fourth-order valence-electron chi connectivity index (χ4n) is 4.14. The Bertz CT molecular complexity index is 1480. The predicted molar refractivity (Wildman–Crippen MR) is 133 cm³/mol. The van der Waals surface area contributed by atoms with Crippen LogP contribution in [0.5, 0.6) is 0 Å². The number of thiazole rings is 1. The molecule has 1 aliphatic heterocycles. The van der Waals surface area contributed by atoms with Crippen molar-refractivity contribution in [2.45, 2.75) is 25.2 Å². The molecule has 10 nitrogen and oxygen atoms in total. The van der Waals surface area contributed by atoms with Crippen LogP contribution in [-0.2, 0) is 11.0 Å². The van der Waals surface area contributed by atoms with Crippen molar-refractivity contribution in [1.82, 2.24) is 29.7 Å². The largest absolute Gasteiger partial charge is 0.480 e. The highest BCUT2D eigenvalue weighted by Crippen LogP contribution is 2.32. The maximum absolute atomic E-state index is 12.9. The molecule has 38 heavy (non-hydrogen) atoms. The fraction of sp³-hybridized carbons (Fsp3) is 0.292. The summed E-state index contributed by atoms with van der Waals surface area (Å²) in [5.74, 6) is -1.27. The molecule has 14 heteroatoms. The van der Waals surface area contributed by atoms with E-state index in [-0.39, 0.29) is 24.2 Å². The highest BCUT2D eigenvalue weighted by molar-refractivity contribution is 7.15. The summed E-state index contributed by atoms with van der Waals surface area (Å²) in [6.45, 7) is 2.93. The molecule has 1 aliphatic rings. The number of imidazole rings is 1. The van der Waals surface area contributed by atoms with Crippen molar-refractivity contribution < 1.29 is 27.9 Å². The van der Waals surface area contributed by atoms with Crippen LogP contribution in [0.2, 0.25) is 0 Å². The molecule has 1 aromatic carbocycles. The summed E-state index contributed by atoms with van der Waals surface area (Å²) >= 11 is 1.27. The van der Waals surface area contributed by atoms with Gasteiger partial charge in [0, 0.05) is 29.9 Å². The van der Waals surface area contributed by atoms with Crippen molar-refractivity contribution in [3.05, 3.63) is 65.2 Å². The van der Waals surface area contributed by atoms with E-state index in [0.29, 0.717) is 29.4 Å². The van der Waals surface area contributed by atoms with E-state index in [1.807, 2.05) is 9.47 Å². The van der Waals surface area contributed by atoms with Crippen molar-refractivity contribution in [2.24, 2.45) is 0 Å². The Balaban J connectivity index is 1.22. The topological polar surface area (TPSA) is 125 Å². The number of benzene rings is 1. The molecule has 3 N–H and O–H groups in total. The van der Waals surface area contributed by atoms with E-state index in [1.165, 1.54) is 29.7 Å². The zero-order valence-electron chi connectivity index (χ0n) is 19.9. The lowest BCUT2D eigenvalue weighted by atomic mass is 10.1. The van der Waals surface area contributed by atoms with E-state index in [4.69, 9.17) is 5.11 Å². The average Bonchev–Trinajstić information content (AvgIpc) is 3.47. The molecule has 0 radical (unpaired) electrons. The fourth-order valence-corrected chi connectivity index (χ4v) is 4.98. The smallest absolute Gasteiger partial charge is 0.416 e. The molecule has 0 bridgehead atoms. The third-order valence-corrected chi connectivity index (χ3v) is 7.24. The van der Waals surface area contributed by atoms with Crippen molar-refractivity contribution >= 4 is 45.1 Å². The standard InChI is InChI=1S/C24H22F3N7O3S/c1-13(20-8-29-23(38-20)32-15-4-2-14(3-5-15)24(25,26)27)31-22(37)17-6-19-18(7-28-17)30-12-34(19)16-9-33(10-16)11-21(35)36/h2-8,12-13,16H,9-11H2,1H3,(H,29,32)(H,31,37)(H,35,36)/t13-/m1/s1. The number of aromatic nitrogens is 4. The Morgan fingerprint density at radius 1 is 1.16 bits per heavy atom. The molecule has 0 spiro atoms. The number of likely N-dealkylation sites (tertiary alicyclic amines) is 1. The van der Waals surface area contributed by atoms with E-state index in [1.54, 1.807) is 25.5 Å². The highest BCUT2D eigenvalue weighted by Gasteiger charge is 2.31. The third-order valence-electron chi connectivity index (χ3n) is 6.15. The van der Waals surface area contributed by atoms with Gasteiger partial charge in [0.15, 0.2) is 5.13 Å². The summed E-state index contributed by atoms with van der Waals surface area (Å²) in [6.07, 6.45) is 0.382. The number of nitrogens with zero attached hydrogens (tertiary/aromatic N) is 5. The summed E-state index contributed by atoms with van der Waals surface area (Å²) in [7, 11) is 0. The molecule has 0 unspecified atom stereocenters. The quantitative estimate of drug-likeness (QED) is 0.303. The first-order valence-corrected chi connectivity index (χ1v) is 12.4. The number of carboxylic acid groups (broad SMARTS) is 1. The molecule has 1 atom stereocenters. The van der Waals surface area contributed by atoms with Gasteiger partial charge in [-0.2, -0.15) is 13.2 Å². The minimum Gasteiger partial charge on any atom is -0.480 e. The molecule has 0 saturated carbocycles. The first-order chi connectivity index (χ1) is 18.1. The minimum atomic E-state index is -4.40. The van der Waals surface area contributed by atoms with Crippen molar-refractivity contribution in [3.63, 3.8) is 0 Å². The summed E-state index contributed by atoms with van der Waals surface area (Å²) < 4.78 is 40.2. The average molecular weight is 546 g/mol. The van der Waals surface area contributed by atoms with Gasteiger partial charge in [-0.05, 0) is 37.3 Å². The van der Waals surface area contributed by atoms with E-state index < -0.39 is 23.8 Å². The van der Waals surface area contributed by atoms with Gasteiger partial charge < -0.3 is 20.3 Å². The summed E-state index contributed by atoms with van der Waals surface area (Å²) in [5, 5.41) is 15.3. The molecule has 3 aromatic heterocycles. The molecule has 4 aromatic rings. The van der Waals surface area contributed by atoms with Gasteiger partial charge in [-0.25, -0.2) is 15.0 Å². The number of hydrogen-bond donors (Lipinski definition) is 3. The Hall–Kier alpha value is -4.04. The van der Waals surface area contributed by atoms with Crippen LogP contribution >= 0.6 is 11.3 Å². The normalized spacial score (nSPS) is 15.3. The number of aliphatic carboxylic acids is 1. The van der Waals surface area contributed by atoms with Gasteiger partial charge in [-0.15, -0.1) is 0 Å². The molecular weight excluding hydrogens is 523 g/mol. The van der Waals surface area contributed by atoms with Crippen LogP contribution < -0.4 is 10.6 Å². The number of anilines is 2. The number of amides is 1. The van der Waals surface area contributed by atoms with Gasteiger partial charge in [0.05, 0.1) is 42.2 Å². The maximum atomic E-state index is 12.9. The van der Waals surface area contributed by atoms with Crippen LogP contribution in [0.15, 0.2) is 49.1 Å². The number of fused-ring (bicyclic) bond motifs is 1. The second kappa shape index (κ2) is 10.0. The van der Waals surface area contributed by atoms with Crippen molar-refractivity contribution in [1.29, 1.82) is 0 Å². The summed E-state index contributed by atoms with van der Waals surface area (Å²) in [4.78, 5) is 39.2. The van der Waals surface area contributed by atoms with Gasteiger partial charge in [-0.3, -0.25) is 14.5 Å². The SMILES string of the molecule is C[C@@H](NC(=O)c1cc2c(cn1)ncn2C1CN(CC(=O)O)C1)c1cnc(Nc2ccc(C(F)(F)F)cc2)s1. The van der Waals surface area contributed by atoms with Gasteiger partial charge in [0.1, 0.15) is 11.2 Å². The predicted octanol–water partition coefficient (Wildman–Crippen LogP) is 4.08. The van der Waals surface area contributed by atoms with Crippen LogP contribution in [-0.4, -0.2) is 61.0 Å². The van der Waals surface area contributed by atoms with Crippen LogP contribution in [0.4, 0.5) is 24.0 Å². The van der Waals surface area contributed by atoms with Gasteiger partial charge in [-0.1, -0.05) is 11.3 Å². The molecule has 1 amide bonds. The Labute approximate surface area is 218 Å². The van der Waals surface area contributed by atoms with E-state index in [2.05, 4.69) is 25.6 Å². The Morgan fingerprint density at radius 2 is 1.89 bits per heavy atom. The van der Waals surface area contributed by atoms with E-state index >= 15 is 0 Å². The number of pyridine rings is 1. The highest BCUT2D eigenvalue weighted by atomic mass is 32.1. The molecule has 198 valence electrons. The summed E-state index contributed by atoms with van der Waals surface area (Å²) in [5.41, 5.74) is 1.30. The maximum Gasteiger partial charge on any atom is 0.416 e. The number of carbonyl (C=O) groups excluding carboxylic acids is 1. The number of hydrogen-bond acceptors (Lipinski definition) is 8. The Kier molecular flexibility index (Phi) is 6.75. The minimum absolute atomic E-state index is 0.0185. The number of rotatable bonds is 8. The van der Waals surface area contributed by atoms with Crippen molar-refractivity contribution in [3.8, 4) is 0 Å². The van der Waals surface area contributed by atoms with Gasteiger partial charge >= 0.3 is 12.1 Å². The second-order valence-corrected chi connectivity index (χ2v) is 9.98. The first kappa shape index (κ1) is 25.6. The molecular formula is C24H22F3N7O3S. The Morgan fingerprint density at radius 3 is 2.58 bits per heavy atom. The lowest BCUT2D eigenvalue weighted by Crippen LogP contribution is -2.49. The zero-order chi connectivity index (χ0) is 27.0.